The molecule has 1 fully saturated rings. The largest absolute Gasteiger partial charge is 0.339 e. The van der Waals surface area contributed by atoms with Crippen molar-refractivity contribution >= 4 is 27.5 Å². The standard InChI is InChI=1S/C19H27N3O4S/c1-14(23)22(16-6-4-3-5-7-16)11-10-20-27(25,26)17-8-9-18-15(12-17)13-19(24)21(18)2/h8-9,12,16,20H,3-7,10-11,13H2,1-2H3. The molecule has 27 heavy (non-hydrogen) atoms. The van der Waals surface area contributed by atoms with Crippen LogP contribution >= 0.6 is 0 Å². The fourth-order valence-electron chi connectivity index (χ4n) is 3.99. The summed E-state index contributed by atoms with van der Waals surface area (Å²) in [4.78, 5) is 27.2. The molecule has 0 radical (unpaired) electrons. The summed E-state index contributed by atoms with van der Waals surface area (Å²) in [5.41, 5.74) is 1.47. The Kier molecular flexibility index (Phi) is 5.86. The van der Waals surface area contributed by atoms with Gasteiger partial charge < -0.3 is 9.80 Å². The van der Waals surface area contributed by atoms with Crippen LogP contribution in [-0.4, -0.2) is 51.3 Å². The third-order valence-electron chi connectivity index (χ3n) is 5.50. The summed E-state index contributed by atoms with van der Waals surface area (Å²) >= 11 is 0. The van der Waals surface area contributed by atoms with Gasteiger partial charge in [0, 0.05) is 38.8 Å². The number of fused-ring (bicyclic) bond motifs is 1. The summed E-state index contributed by atoms with van der Waals surface area (Å²) < 4.78 is 27.8. The average molecular weight is 394 g/mol. The second-order valence-corrected chi connectivity index (χ2v) is 9.09. The van der Waals surface area contributed by atoms with Crippen molar-refractivity contribution in [2.45, 2.75) is 56.4 Å². The highest BCUT2D eigenvalue weighted by molar-refractivity contribution is 7.89. The number of rotatable bonds is 6. The molecule has 0 atom stereocenters. The maximum atomic E-state index is 12.6. The van der Waals surface area contributed by atoms with E-state index in [0.29, 0.717) is 6.54 Å². The molecule has 2 amide bonds. The molecule has 1 N–H and O–H groups in total. The van der Waals surface area contributed by atoms with Gasteiger partial charge in [-0.1, -0.05) is 19.3 Å². The minimum Gasteiger partial charge on any atom is -0.339 e. The number of sulfonamides is 1. The molecule has 0 spiro atoms. The van der Waals surface area contributed by atoms with Crippen LogP contribution in [0.1, 0.15) is 44.6 Å². The fourth-order valence-corrected chi connectivity index (χ4v) is 5.06. The molecule has 1 aromatic rings. The Hall–Kier alpha value is -1.93. The lowest BCUT2D eigenvalue weighted by Crippen LogP contribution is -2.44. The number of hydrogen-bond acceptors (Lipinski definition) is 4. The van der Waals surface area contributed by atoms with Gasteiger partial charge in [-0.2, -0.15) is 0 Å². The molecule has 1 aromatic carbocycles. The van der Waals surface area contributed by atoms with Gasteiger partial charge in [0.2, 0.25) is 21.8 Å². The summed E-state index contributed by atoms with van der Waals surface area (Å²) in [6, 6.07) is 4.95. The number of likely N-dealkylation sites (N-methyl/N-ethyl adjacent to an activating group) is 1. The minimum absolute atomic E-state index is 0.0137. The van der Waals surface area contributed by atoms with Crippen LogP contribution in [0.4, 0.5) is 5.69 Å². The highest BCUT2D eigenvalue weighted by Gasteiger charge is 2.27. The van der Waals surface area contributed by atoms with E-state index in [0.717, 1.165) is 36.9 Å². The van der Waals surface area contributed by atoms with Crippen LogP contribution in [0.25, 0.3) is 0 Å². The molecule has 2 aliphatic rings. The lowest BCUT2D eigenvalue weighted by Gasteiger charge is -2.33. The molecule has 3 rings (SSSR count). The van der Waals surface area contributed by atoms with Crippen molar-refractivity contribution in [3.05, 3.63) is 23.8 Å². The van der Waals surface area contributed by atoms with E-state index >= 15 is 0 Å². The first-order valence-corrected chi connectivity index (χ1v) is 10.9. The first-order chi connectivity index (χ1) is 12.8. The van der Waals surface area contributed by atoms with Gasteiger partial charge in [0.1, 0.15) is 0 Å². The van der Waals surface area contributed by atoms with Gasteiger partial charge in [-0.25, -0.2) is 13.1 Å². The number of nitrogens with zero attached hydrogens (tertiary/aromatic N) is 2. The van der Waals surface area contributed by atoms with Gasteiger partial charge in [0.15, 0.2) is 0 Å². The summed E-state index contributed by atoms with van der Waals surface area (Å²) in [5, 5.41) is 0. The molecule has 1 aliphatic carbocycles. The molecule has 1 saturated carbocycles. The van der Waals surface area contributed by atoms with Crippen molar-refractivity contribution in [1.82, 2.24) is 9.62 Å². The summed E-state index contributed by atoms with van der Waals surface area (Å²) in [7, 11) is -2.00. The highest BCUT2D eigenvalue weighted by atomic mass is 32.2. The van der Waals surface area contributed by atoms with Crippen LogP contribution in [0.5, 0.6) is 0 Å². The second kappa shape index (κ2) is 7.98. The summed E-state index contributed by atoms with van der Waals surface area (Å²) in [5.74, 6) is -0.0581. The molecule has 0 saturated heterocycles. The van der Waals surface area contributed by atoms with Crippen molar-refractivity contribution < 1.29 is 18.0 Å². The van der Waals surface area contributed by atoms with Crippen LogP contribution in [-0.2, 0) is 26.0 Å². The molecular weight excluding hydrogens is 366 g/mol. The van der Waals surface area contributed by atoms with Gasteiger partial charge in [0.05, 0.1) is 11.3 Å². The Labute approximate surface area is 160 Å². The summed E-state index contributed by atoms with van der Waals surface area (Å²) in [6.07, 6.45) is 5.61. The molecule has 0 aromatic heterocycles. The zero-order valence-corrected chi connectivity index (χ0v) is 16.7. The molecule has 1 heterocycles. The van der Waals surface area contributed by atoms with Crippen molar-refractivity contribution in [3.63, 3.8) is 0 Å². The number of hydrogen-bond donors (Lipinski definition) is 1. The van der Waals surface area contributed by atoms with Gasteiger partial charge in [-0.15, -0.1) is 0 Å². The zero-order chi connectivity index (χ0) is 19.6. The van der Waals surface area contributed by atoms with Crippen LogP contribution in [0.2, 0.25) is 0 Å². The number of anilines is 1. The van der Waals surface area contributed by atoms with Crippen molar-refractivity contribution in [2.75, 3.05) is 25.0 Å². The maximum Gasteiger partial charge on any atom is 0.240 e. The molecule has 7 nitrogen and oxygen atoms in total. The number of carbonyl (C=O) groups excluding carboxylic acids is 2. The zero-order valence-electron chi connectivity index (χ0n) is 15.9. The second-order valence-electron chi connectivity index (χ2n) is 7.32. The third kappa shape index (κ3) is 4.32. The van der Waals surface area contributed by atoms with Gasteiger partial charge in [-0.05, 0) is 36.6 Å². The quantitative estimate of drug-likeness (QED) is 0.796. The Morgan fingerprint density at radius 2 is 1.96 bits per heavy atom. The molecular formula is C19H27N3O4S. The first-order valence-electron chi connectivity index (χ1n) is 9.46. The van der Waals surface area contributed by atoms with E-state index in [2.05, 4.69) is 4.72 Å². The third-order valence-corrected chi connectivity index (χ3v) is 6.96. The minimum atomic E-state index is -3.69. The predicted molar refractivity (Wildman–Crippen MR) is 103 cm³/mol. The fraction of sp³-hybridized carbons (Fsp3) is 0.579. The highest BCUT2D eigenvalue weighted by Crippen LogP contribution is 2.29. The van der Waals surface area contributed by atoms with E-state index in [1.807, 2.05) is 0 Å². The smallest absolute Gasteiger partial charge is 0.240 e. The van der Waals surface area contributed by atoms with E-state index in [1.54, 1.807) is 24.1 Å². The van der Waals surface area contributed by atoms with Crippen LogP contribution in [0.3, 0.4) is 0 Å². The lowest BCUT2D eigenvalue weighted by atomic mass is 9.94. The number of nitrogens with one attached hydrogen (secondary N) is 1. The predicted octanol–water partition coefficient (Wildman–Crippen LogP) is 1.66. The molecule has 0 unspecified atom stereocenters. The average Bonchev–Trinajstić information content (AvgIpc) is 2.93. The van der Waals surface area contributed by atoms with Crippen molar-refractivity contribution in [2.24, 2.45) is 0 Å². The maximum absolute atomic E-state index is 12.6. The molecule has 0 bridgehead atoms. The Morgan fingerprint density at radius 1 is 1.26 bits per heavy atom. The number of benzene rings is 1. The summed E-state index contributed by atoms with van der Waals surface area (Å²) in [6.45, 7) is 2.08. The Morgan fingerprint density at radius 3 is 2.63 bits per heavy atom. The van der Waals surface area contributed by atoms with Crippen LogP contribution in [0.15, 0.2) is 23.1 Å². The molecule has 1 aliphatic heterocycles. The lowest BCUT2D eigenvalue weighted by molar-refractivity contribution is -0.131. The molecule has 8 heteroatoms. The SMILES string of the molecule is CC(=O)N(CCNS(=O)(=O)c1ccc2c(c1)CC(=O)N2C)C1CCCCC1. The van der Waals surface area contributed by atoms with Gasteiger partial charge >= 0.3 is 0 Å². The topological polar surface area (TPSA) is 86.8 Å². The monoisotopic (exact) mass is 393 g/mol. The van der Waals surface area contributed by atoms with E-state index < -0.39 is 10.0 Å². The molecule has 148 valence electrons. The van der Waals surface area contributed by atoms with Crippen LogP contribution in [0, 0.1) is 0 Å². The van der Waals surface area contributed by atoms with E-state index in [9.17, 15) is 18.0 Å². The van der Waals surface area contributed by atoms with Crippen molar-refractivity contribution in [1.29, 1.82) is 0 Å². The van der Waals surface area contributed by atoms with Crippen LogP contribution < -0.4 is 9.62 Å². The normalized spacial score (nSPS) is 17.9. The van der Waals surface area contributed by atoms with E-state index in [4.69, 9.17) is 0 Å². The van der Waals surface area contributed by atoms with E-state index in [-0.39, 0.29) is 35.7 Å². The van der Waals surface area contributed by atoms with Crippen molar-refractivity contribution in [3.8, 4) is 0 Å². The Bertz CT molecular complexity index is 831. The number of amides is 2. The number of carbonyl (C=O) groups is 2. The van der Waals surface area contributed by atoms with Gasteiger partial charge in [0.25, 0.3) is 0 Å². The Balaban J connectivity index is 1.64. The first kappa shape index (κ1) is 19.8. The van der Waals surface area contributed by atoms with Gasteiger partial charge in [-0.3, -0.25) is 9.59 Å². The van der Waals surface area contributed by atoms with E-state index in [1.165, 1.54) is 24.3 Å².